The summed E-state index contributed by atoms with van der Waals surface area (Å²) in [5, 5.41) is 32.5. The van der Waals surface area contributed by atoms with Crippen LogP contribution >= 0.6 is 0 Å². The van der Waals surface area contributed by atoms with Crippen LogP contribution in [0.5, 0.6) is 0 Å². The fourth-order valence-corrected chi connectivity index (χ4v) is 3.12. The Morgan fingerprint density at radius 3 is 2.27 bits per heavy atom. The molecule has 1 aliphatic heterocycles. The molecule has 0 bridgehead atoms. The number of rotatable bonds is 4. The largest absolute Gasteiger partial charge is 0.364 e. The van der Waals surface area contributed by atoms with Crippen LogP contribution in [0.1, 0.15) is 22.3 Å². The zero-order chi connectivity index (χ0) is 22.0. The highest BCUT2D eigenvalue weighted by molar-refractivity contribution is 5.69. The van der Waals surface area contributed by atoms with E-state index in [0.717, 1.165) is 6.07 Å². The van der Waals surface area contributed by atoms with Crippen molar-refractivity contribution < 1.29 is 22.5 Å². The maximum Gasteiger partial charge on any atom is 0.320 e. The van der Waals surface area contributed by atoms with Gasteiger partial charge in [0.15, 0.2) is 23.3 Å². The molecule has 0 radical (unpaired) electrons. The minimum absolute atomic E-state index is 0.0463. The van der Waals surface area contributed by atoms with Gasteiger partial charge in [0.2, 0.25) is 0 Å². The molecule has 2 aromatic carbocycles. The van der Waals surface area contributed by atoms with E-state index in [1.54, 1.807) is 0 Å². The normalized spacial score (nSPS) is 14.7. The van der Waals surface area contributed by atoms with Gasteiger partial charge in [0.1, 0.15) is 34.6 Å². The Morgan fingerprint density at radius 1 is 1.07 bits per heavy atom. The Kier molecular flexibility index (Phi) is 5.56. The topological polar surface area (TPSA) is 106 Å². The van der Waals surface area contributed by atoms with E-state index in [9.17, 15) is 32.9 Å². The second-order valence-electron chi connectivity index (χ2n) is 6.22. The molecule has 2 aromatic rings. The highest BCUT2D eigenvalue weighted by Gasteiger charge is 2.37. The molecular formula is C19H11F4N5O2. The molecule has 1 aliphatic rings. The van der Waals surface area contributed by atoms with Crippen LogP contribution in [-0.4, -0.2) is 22.9 Å². The van der Waals surface area contributed by atoms with Gasteiger partial charge in [-0.3, -0.25) is 10.1 Å². The second-order valence-corrected chi connectivity index (χ2v) is 6.22. The highest BCUT2D eigenvalue weighted by atomic mass is 19.2. The van der Waals surface area contributed by atoms with Crippen molar-refractivity contribution in [2.45, 2.75) is 6.54 Å². The van der Waals surface area contributed by atoms with Crippen LogP contribution in [0.3, 0.4) is 0 Å². The van der Waals surface area contributed by atoms with Gasteiger partial charge in [-0.25, -0.2) is 17.6 Å². The lowest BCUT2D eigenvalue weighted by molar-refractivity contribution is -0.377. The Hall–Kier alpha value is -4.12. The fraction of sp³-hybridized carbons (Fsp3) is 0.158. The van der Waals surface area contributed by atoms with Gasteiger partial charge >= 0.3 is 5.70 Å². The van der Waals surface area contributed by atoms with Crippen LogP contribution in [0.4, 0.5) is 17.6 Å². The molecule has 1 heterocycles. The third kappa shape index (κ3) is 3.49. The van der Waals surface area contributed by atoms with Gasteiger partial charge in [-0.1, -0.05) is 12.1 Å². The number of nitriles is 2. The monoisotopic (exact) mass is 417 g/mol. The van der Waals surface area contributed by atoms with Gasteiger partial charge in [-0.05, 0) is 17.7 Å². The summed E-state index contributed by atoms with van der Waals surface area (Å²) in [4.78, 5) is 12.1. The zero-order valence-corrected chi connectivity index (χ0v) is 15.0. The maximum atomic E-state index is 14.7. The van der Waals surface area contributed by atoms with E-state index in [1.807, 2.05) is 0 Å². The Bertz CT molecular complexity index is 1150. The number of halogens is 4. The van der Waals surface area contributed by atoms with Crippen molar-refractivity contribution in [2.24, 2.45) is 0 Å². The fourth-order valence-electron chi connectivity index (χ4n) is 3.12. The average molecular weight is 417 g/mol. The van der Waals surface area contributed by atoms with Crippen molar-refractivity contribution in [3.05, 3.63) is 85.7 Å². The Balaban J connectivity index is 2.22. The van der Waals surface area contributed by atoms with Crippen LogP contribution in [0.15, 0.2) is 30.1 Å². The lowest BCUT2D eigenvalue weighted by atomic mass is 9.99. The standard InChI is InChI=1S/C19H11F4N5O2/c20-11-3-1-10(2-4-11)9-27-6-5-26-19(27)18(28(29)30)14-12(7-24)15(21)13(8-25)16(22)17(14)23/h1-4,26H,5-6,9H2/b19-18+. The number of hydrogen-bond acceptors (Lipinski definition) is 6. The molecule has 30 heavy (non-hydrogen) atoms. The van der Waals surface area contributed by atoms with Crippen LogP contribution in [0.2, 0.25) is 0 Å². The molecule has 1 N–H and O–H groups in total. The molecule has 0 spiro atoms. The van der Waals surface area contributed by atoms with E-state index in [4.69, 9.17) is 5.26 Å². The third-order valence-corrected chi connectivity index (χ3v) is 4.47. The number of nitrogens with one attached hydrogen (secondary N) is 1. The van der Waals surface area contributed by atoms with Gasteiger partial charge < -0.3 is 10.2 Å². The summed E-state index contributed by atoms with van der Waals surface area (Å²) in [5.41, 5.74) is -4.17. The Labute approximate surface area is 167 Å². The first-order valence-corrected chi connectivity index (χ1v) is 8.43. The molecule has 7 nitrogen and oxygen atoms in total. The smallest absolute Gasteiger partial charge is 0.320 e. The minimum atomic E-state index is -1.92. The maximum absolute atomic E-state index is 14.7. The molecule has 0 amide bonds. The van der Waals surface area contributed by atoms with E-state index >= 15 is 0 Å². The average Bonchev–Trinajstić information content (AvgIpc) is 3.15. The molecular weight excluding hydrogens is 406 g/mol. The summed E-state index contributed by atoms with van der Waals surface area (Å²) >= 11 is 0. The summed E-state index contributed by atoms with van der Waals surface area (Å²) in [5.74, 6) is -6.23. The molecule has 0 saturated carbocycles. The van der Waals surface area contributed by atoms with Crippen molar-refractivity contribution in [3.63, 3.8) is 0 Å². The van der Waals surface area contributed by atoms with Gasteiger partial charge in [0, 0.05) is 19.6 Å². The van der Waals surface area contributed by atoms with Crippen LogP contribution < -0.4 is 5.32 Å². The molecule has 0 aliphatic carbocycles. The number of nitro groups is 1. The van der Waals surface area contributed by atoms with Crippen molar-refractivity contribution in [2.75, 3.05) is 13.1 Å². The van der Waals surface area contributed by atoms with Crippen molar-refractivity contribution in [1.29, 1.82) is 10.5 Å². The first-order chi connectivity index (χ1) is 14.3. The van der Waals surface area contributed by atoms with Crippen molar-refractivity contribution >= 4 is 5.70 Å². The van der Waals surface area contributed by atoms with Crippen molar-refractivity contribution in [1.82, 2.24) is 10.2 Å². The van der Waals surface area contributed by atoms with Gasteiger partial charge in [-0.2, -0.15) is 10.5 Å². The van der Waals surface area contributed by atoms with E-state index in [1.165, 1.54) is 35.2 Å². The van der Waals surface area contributed by atoms with E-state index in [-0.39, 0.29) is 25.5 Å². The predicted octanol–water partition coefficient (Wildman–Crippen LogP) is 2.99. The van der Waals surface area contributed by atoms with E-state index < -0.39 is 50.6 Å². The van der Waals surface area contributed by atoms with Crippen LogP contribution in [0.25, 0.3) is 5.70 Å². The third-order valence-electron chi connectivity index (χ3n) is 4.47. The summed E-state index contributed by atoms with van der Waals surface area (Å²) in [6.45, 7) is 0.456. The predicted molar refractivity (Wildman–Crippen MR) is 94.5 cm³/mol. The summed E-state index contributed by atoms with van der Waals surface area (Å²) < 4.78 is 56.3. The quantitative estimate of drug-likeness (QED) is 0.355. The molecule has 3 rings (SSSR count). The first kappa shape index (κ1) is 20.6. The molecule has 152 valence electrons. The SMILES string of the molecule is N#Cc1c(F)c(F)c(/C(=C2/NCCN2Cc2ccc(F)cc2)[N+](=O)[O-])c(C#N)c1F. The summed E-state index contributed by atoms with van der Waals surface area (Å²) in [7, 11) is 0. The van der Waals surface area contributed by atoms with Crippen molar-refractivity contribution in [3.8, 4) is 12.1 Å². The molecule has 0 aromatic heterocycles. The lowest BCUT2D eigenvalue weighted by Gasteiger charge is -2.19. The van der Waals surface area contributed by atoms with E-state index in [0.29, 0.717) is 5.56 Å². The number of nitrogens with zero attached hydrogens (tertiary/aromatic N) is 4. The number of hydrogen-bond donors (Lipinski definition) is 1. The van der Waals surface area contributed by atoms with E-state index in [2.05, 4.69) is 5.32 Å². The molecule has 1 saturated heterocycles. The minimum Gasteiger partial charge on any atom is -0.364 e. The van der Waals surface area contributed by atoms with Crippen LogP contribution in [0, 0.1) is 56.0 Å². The summed E-state index contributed by atoms with van der Waals surface area (Å²) in [6, 6.07) is 7.65. The molecule has 0 unspecified atom stereocenters. The van der Waals surface area contributed by atoms with Crippen LogP contribution in [-0.2, 0) is 6.54 Å². The summed E-state index contributed by atoms with van der Waals surface area (Å²) in [6.07, 6.45) is 0. The number of benzene rings is 2. The molecule has 11 heteroatoms. The van der Waals surface area contributed by atoms with Gasteiger partial charge in [0.25, 0.3) is 0 Å². The Morgan fingerprint density at radius 2 is 1.70 bits per heavy atom. The first-order valence-electron chi connectivity index (χ1n) is 8.43. The highest BCUT2D eigenvalue weighted by Crippen LogP contribution is 2.33. The second kappa shape index (κ2) is 8.09. The van der Waals surface area contributed by atoms with Gasteiger partial charge in [-0.15, -0.1) is 0 Å². The lowest BCUT2D eigenvalue weighted by Crippen LogP contribution is -2.24. The molecule has 0 atom stereocenters. The molecule has 1 fully saturated rings. The zero-order valence-electron chi connectivity index (χ0n) is 15.0. The van der Waals surface area contributed by atoms with Gasteiger partial charge in [0.05, 0.1) is 4.92 Å².